The van der Waals surface area contributed by atoms with E-state index in [0.29, 0.717) is 0 Å². The van der Waals surface area contributed by atoms with Gasteiger partial charge in [-0.2, -0.15) is 0 Å². The molecule has 0 N–H and O–H groups in total. The highest BCUT2D eigenvalue weighted by atomic mass is 16.5. The summed E-state index contributed by atoms with van der Waals surface area (Å²) in [5.74, 6) is 1.64. The third-order valence-corrected chi connectivity index (χ3v) is 7.37. The molecule has 0 saturated heterocycles. The van der Waals surface area contributed by atoms with Gasteiger partial charge in [-0.15, -0.1) is 0 Å². The van der Waals surface area contributed by atoms with Gasteiger partial charge in [0.1, 0.15) is 11.4 Å². The van der Waals surface area contributed by atoms with Crippen LogP contribution in [0.25, 0.3) is 22.6 Å². The van der Waals surface area contributed by atoms with Gasteiger partial charge in [0.25, 0.3) is 0 Å². The van der Waals surface area contributed by atoms with Crippen LogP contribution in [-0.2, 0) is 0 Å². The Labute approximate surface area is 244 Å². The molecule has 4 heteroatoms. The summed E-state index contributed by atoms with van der Waals surface area (Å²) in [6.07, 6.45) is 10.4. The van der Waals surface area contributed by atoms with Crippen molar-refractivity contribution in [1.29, 1.82) is 0 Å². The van der Waals surface area contributed by atoms with E-state index >= 15 is 0 Å². The number of para-hydroxylation sites is 2. The fraction of sp³-hybridized carbons (Fsp3) is 0.270. The van der Waals surface area contributed by atoms with Gasteiger partial charge in [0.05, 0.1) is 6.61 Å². The summed E-state index contributed by atoms with van der Waals surface area (Å²) >= 11 is 0. The summed E-state index contributed by atoms with van der Waals surface area (Å²) in [5, 5.41) is 4.36. The minimum absolute atomic E-state index is 0.744. The molecule has 210 valence electrons. The molecule has 0 aliphatic rings. The lowest BCUT2D eigenvalue weighted by molar-refractivity contribution is 0.304. The van der Waals surface area contributed by atoms with Crippen LogP contribution in [-0.4, -0.2) is 11.8 Å². The highest BCUT2D eigenvalue weighted by molar-refractivity contribution is 5.78. The maximum absolute atomic E-state index is 5.96. The summed E-state index contributed by atoms with van der Waals surface area (Å²) in [7, 11) is 0. The van der Waals surface area contributed by atoms with E-state index in [1.807, 2.05) is 42.5 Å². The van der Waals surface area contributed by atoms with Crippen molar-refractivity contribution in [2.75, 3.05) is 11.5 Å². The SMILES string of the molecule is CCCCCCCCCCOc1ccc(-c2cc(-c3ccc(N(c4ccccc4)c4ccccc4)cc3)no2)cc1. The minimum Gasteiger partial charge on any atom is -0.494 e. The van der Waals surface area contributed by atoms with Crippen molar-refractivity contribution in [2.24, 2.45) is 0 Å². The first-order chi connectivity index (χ1) is 20.3. The topological polar surface area (TPSA) is 38.5 Å². The first-order valence-electron chi connectivity index (χ1n) is 15.0. The number of hydrogen-bond acceptors (Lipinski definition) is 4. The van der Waals surface area contributed by atoms with E-state index in [1.54, 1.807) is 0 Å². The first kappa shape index (κ1) is 28.2. The molecule has 0 amide bonds. The van der Waals surface area contributed by atoms with Gasteiger partial charge in [-0.1, -0.05) is 106 Å². The Morgan fingerprint density at radius 2 is 1.12 bits per heavy atom. The molecule has 4 nitrogen and oxygen atoms in total. The Kier molecular flexibility index (Phi) is 10.3. The standard InChI is InChI=1S/C37H40N2O2/c1-2-3-4-5-6-7-8-15-28-40-35-26-22-31(23-27-35)37-29-36(38-41-37)30-20-24-34(25-21-30)39(32-16-11-9-12-17-32)33-18-13-10-14-19-33/h9-14,16-27,29H,2-8,15,28H2,1H3. The monoisotopic (exact) mass is 544 g/mol. The Hall–Kier alpha value is -4.31. The average Bonchev–Trinajstić information content (AvgIpc) is 3.53. The molecule has 1 aromatic heterocycles. The van der Waals surface area contributed by atoms with Crippen molar-refractivity contribution >= 4 is 17.1 Å². The minimum atomic E-state index is 0.744. The molecule has 5 rings (SSSR count). The number of ether oxygens (including phenoxy) is 1. The predicted octanol–water partition coefficient (Wildman–Crippen LogP) is 11.0. The lowest BCUT2D eigenvalue weighted by Gasteiger charge is -2.25. The second kappa shape index (κ2) is 14.9. The van der Waals surface area contributed by atoms with E-state index in [1.165, 1.54) is 44.9 Å². The molecule has 0 aliphatic carbocycles. The van der Waals surface area contributed by atoms with Crippen LogP contribution in [0.15, 0.2) is 120 Å². The van der Waals surface area contributed by atoms with Crippen LogP contribution in [0.1, 0.15) is 58.3 Å². The molecule has 0 spiro atoms. The summed E-state index contributed by atoms with van der Waals surface area (Å²) in [5.41, 5.74) is 6.11. The number of benzene rings is 4. The average molecular weight is 545 g/mol. The van der Waals surface area contributed by atoms with Gasteiger partial charge in [-0.05, 0) is 67.1 Å². The van der Waals surface area contributed by atoms with E-state index in [9.17, 15) is 0 Å². The van der Waals surface area contributed by atoms with Crippen LogP contribution in [0.2, 0.25) is 0 Å². The summed E-state index contributed by atoms with van der Waals surface area (Å²) in [6.45, 7) is 3.03. The lowest BCUT2D eigenvalue weighted by Crippen LogP contribution is -2.09. The van der Waals surface area contributed by atoms with Crippen LogP contribution >= 0.6 is 0 Å². The molecular weight excluding hydrogens is 504 g/mol. The predicted molar refractivity (Wildman–Crippen MR) is 170 cm³/mol. The van der Waals surface area contributed by atoms with Gasteiger partial charge in [0.15, 0.2) is 5.76 Å². The first-order valence-corrected chi connectivity index (χ1v) is 15.0. The lowest BCUT2D eigenvalue weighted by atomic mass is 10.1. The van der Waals surface area contributed by atoms with Crippen molar-refractivity contribution in [3.05, 3.63) is 115 Å². The van der Waals surface area contributed by atoms with Crippen LogP contribution in [0, 0.1) is 0 Å². The summed E-state index contributed by atoms with van der Waals surface area (Å²) in [6, 6.07) is 39.4. The van der Waals surface area contributed by atoms with E-state index in [-0.39, 0.29) is 0 Å². The highest BCUT2D eigenvalue weighted by Gasteiger charge is 2.13. The smallest absolute Gasteiger partial charge is 0.167 e. The molecule has 41 heavy (non-hydrogen) atoms. The van der Waals surface area contributed by atoms with Gasteiger partial charge >= 0.3 is 0 Å². The Bertz CT molecular complexity index is 1390. The molecular formula is C37H40N2O2. The number of nitrogens with zero attached hydrogens (tertiary/aromatic N) is 2. The number of hydrogen-bond donors (Lipinski definition) is 0. The highest BCUT2D eigenvalue weighted by Crippen LogP contribution is 2.35. The molecule has 0 unspecified atom stereocenters. The third kappa shape index (κ3) is 7.88. The maximum Gasteiger partial charge on any atom is 0.167 e. The van der Waals surface area contributed by atoms with Crippen molar-refractivity contribution in [3.8, 4) is 28.3 Å². The Morgan fingerprint density at radius 3 is 1.73 bits per heavy atom. The van der Waals surface area contributed by atoms with Crippen molar-refractivity contribution in [3.63, 3.8) is 0 Å². The van der Waals surface area contributed by atoms with Gasteiger partial charge in [-0.3, -0.25) is 0 Å². The second-order valence-electron chi connectivity index (χ2n) is 10.5. The molecule has 0 aliphatic heterocycles. The molecule has 0 fully saturated rings. The van der Waals surface area contributed by atoms with Gasteiger partial charge in [0, 0.05) is 34.3 Å². The normalized spacial score (nSPS) is 11.0. The van der Waals surface area contributed by atoms with Crippen molar-refractivity contribution in [2.45, 2.75) is 58.3 Å². The van der Waals surface area contributed by atoms with Crippen LogP contribution < -0.4 is 9.64 Å². The molecule has 4 aromatic carbocycles. The van der Waals surface area contributed by atoms with Crippen LogP contribution in [0.4, 0.5) is 17.1 Å². The number of anilines is 3. The van der Waals surface area contributed by atoms with Gasteiger partial charge < -0.3 is 14.2 Å². The largest absolute Gasteiger partial charge is 0.494 e. The third-order valence-electron chi connectivity index (χ3n) is 7.37. The maximum atomic E-state index is 5.96. The summed E-state index contributed by atoms with van der Waals surface area (Å²) < 4.78 is 11.7. The number of unbranched alkanes of at least 4 members (excludes halogenated alkanes) is 7. The summed E-state index contributed by atoms with van der Waals surface area (Å²) in [4.78, 5) is 2.25. The van der Waals surface area contributed by atoms with Crippen molar-refractivity contribution < 1.29 is 9.26 Å². The van der Waals surface area contributed by atoms with Crippen LogP contribution in [0.3, 0.4) is 0 Å². The Balaban J connectivity index is 1.18. The molecule has 0 saturated carbocycles. The van der Waals surface area contributed by atoms with Crippen molar-refractivity contribution in [1.82, 2.24) is 5.16 Å². The quantitative estimate of drug-likeness (QED) is 0.123. The molecule has 5 aromatic rings. The van der Waals surface area contributed by atoms with E-state index in [4.69, 9.17) is 9.26 Å². The number of aromatic nitrogens is 1. The van der Waals surface area contributed by atoms with Gasteiger partial charge in [-0.25, -0.2) is 0 Å². The molecule has 0 radical (unpaired) electrons. The van der Waals surface area contributed by atoms with E-state index in [2.05, 4.69) is 89.8 Å². The zero-order chi connectivity index (χ0) is 28.1. The fourth-order valence-electron chi connectivity index (χ4n) is 5.07. The number of rotatable bonds is 15. The Morgan fingerprint density at radius 1 is 0.585 bits per heavy atom. The van der Waals surface area contributed by atoms with Crippen LogP contribution in [0.5, 0.6) is 5.75 Å². The fourth-order valence-corrected chi connectivity index (χ4v) is 5.07. The second-order valence-corrected chi connectivity index (χ2v) is 10.5. The zero-order valence-electron chi connectivity index (χ0n) is 24.0. The zero-order valence-corrected chi connectivity index (χ0v) is 24.0. The molecule has 0 atom stereocenters. The molecule has 1 heterocycles. The van der Waals surface area contributed by atoms with E-state index < -0.39 is 0 Å². The molecule has 0 bridgehead atoms. The van der Waals surface area contributed by atoms with E-state index in [0.717, 1.165) is 58.4 Å². The van der Waals surface area contributed by atoms with Gasteiger partial charge in [0.2, 0.25) is 0 Å².